The molecule has 1 aromatic carbocycles. The van der Waals surface area contributed by atoms with Crippen LogP contribution in [0.25, 0.3) is 0 Å². The summed E-state index contributed by atoms with van der Waals surface area (Å²) in [6.45, 7) is 0.391. The molecule has 1 fully saturated rings. The van der Waals surface area contributed by atoms with Crippen LogP contribution in [0.5, 0.6) is 0 Å². The lowest BCUT2D eigenvalue weighted by Crippen LogP contribution is -2.49. The number of rotatable bonds is 2. The fourth-order valence-corrected chi connectivity index (χ4v) is 2.45. The van der Waals surface area contributed by atoms with E-state index in [0.717, 1.165) is 12.8 Å². The summed E-state index contributed by atoms with van der Waals surface area (Å²) in [5.74, 6) is -1.50. The Morgan fingerprint density at radius 1 is 1.40 bits per heavy atom. The monoisotopic (exact) mass is 344 g/mol. The summed E-state index contributed by atoms with van der Waals surface area (Å²) in [4.78, 5) is 24.5. The quantitative estimate of drug-likeness (QED) is 0.866. The van der Waals surface area contributed by atoms with E-state index in [9.17, 15) is 14.0 Å². The van der Waals surface area contributed by atoms with Crippen LogP contribution in [0.4, 0.5) is 14.9 Å². The number of likely N-dealkylation sites (tertiary alicyclic amines) is 1. The van der Waals surface area contributed by atoms with E-state index in [-0.39, 0.29) is 0 Å². The second-order valence-electron chi connectivity index (χ2n) is 4.60. The molecule has 0 radical (unpaired) electrons. The van der Waals surface area contributed by atoms with Gasteiger partial charge in [-0.15, -0.1) is 0 Å². The van der Waals surface area contributed by atoms with Gasteiger partial charge in [-0.1, -0.05) is 0 Å². The standard InChI is InChI=1S/C13H14BrFN2O3/c14-9-5-4-8(7-10(9)15)16-13(20)17-6-2-1-3-11(17)12(18)19/h4-5,7,11H,1-3,6H2,(H,16,20)(H,18,19). The Bertz CT molecular complexity index is 538. The highest BCUT2D eigenvalue weighted by Crippen LogP contribution is 2.22. The number of carboxylic acids is 1. The fourth-order valence-electron chi connectivity index (χ4n) is 2.20. The summed E-state index contributed by atoms with van der Waals surface area (Å²) in [6, 6.07) is 2.88. The molecule has 7 heteroatoms. The SMILES string of the molecule is O=C(O)C1CCCCN1C(=O)Nc1ccc(Br)c(F)c1. The molecule has 2 amide bonds. The number of carbonyl (C=O) groups excluding carboxylic acids is 1. The first-order valence-corrected chi connectivity index (χ1v) is 7.04. The minimum absolute atomic E-state index is 0.297. The predicted octanol–water partition coefficient (Wildman–Crippen LogP) is 3.06. The van der Waals surface area contributed by atoms with E-state index in [1.807, 2.05) is 0 Å². The molecule has 2 rings (SSSR count). The van der Waals surface area contributed by atoms with Crippen molar-refractivity contribution in [1.82, 2.24) is 4.90 Å². The molecule has 20 heavy (non-hydrogen) atoms. The number of urea groups is 1. The predicted molar refractivity (Wildman–Crippen MR) is 75.1 cm³/mol. The van der Waals surface area contributed by atoms with Gasteiger partial charge in [0.1, 0.15) is 11.9 Å². The zero-order chi connectivity index (χ0) is 14.7. The molecule has 1 aromatic rings. The molecule has 5 nitrogen and oxygen atoms in total. The van der Waals surface area contributed by atoms with Crippen LogP contribution in [0.15, 0.2) is 22.7 Å². The van der Waals surface area contributed by atoms with Gasteiger partial charge in [0.2, 0.25) is 0 Å². The van der Waals surface area contributed by atoms with Crippen molar-refractivity contribution in [3.63, 3.8) is 0 Å². The average molecular weight is 345 g/mol. The summed E-state index contributed by atoms with van der Waals surface area (Å²) >= 11 is 3.02. The Morgan fingerprint density at radius 2 is 2.15 bits per heavy atom. The number of anilines is 1. The van der Waals surface area contributed by atoms with E-state index in [4.69, 9.17) is 5.11 Å². The molecular formula is C13H14BrFN2O3. The topological polar surface area (TPSA) is 69.6 Å². The number of nitrogens with one attached hydrogen (secondary N) is 1. The Hall–Kier alpha value is -1.63. The maximum Gasteiger partial charge on any atom is 0.326 e. The second-order valence-corrected chi connectivity index (χ2v) is 5.46. The number of halogens is 2. The highest BCUT2D eigenvalue weighted by atomic mass is 79.9. The lowest BCUT2D eigenvalue weighted by molar-refractivity contribution is -0.143. The minimum atomic E-state index is -1.01. The van der Waals surface area contributed by atoms with Crippen molar-refractivity contribution >= 4 is 33.6 Å². The third-order valence-electron chi connectivity index (χ3n) is 3.22. The van der Waals surface area contributed by atoms with Crippen molar-refractivity contribution in [2.24, 2.45) is 0 Å². The van der Waals surface area contributed by atoms with Crippen molar-refractivity contribution in [2.45, 2.75) is 25.3 Å². The minimum Gasteiger partial charge on any atom is -0.480 e. The van der Waals surface area contributed by atoms with Gasteiger partial charge in [-0.2, -0.15) is 0 Å². The smallest absolute Gasteiger partial charge is 0.326 e. The molecule has 1 saturated heterocycles. The molecule has 1 unspecified atom stereocenters. The summed E-state index contributed by atoms with van der Waals surface area (Å²) in [5, 5.41) is 11.6. The van der Waals surface area contributed by atoms with Gasteiger partial charge >= 0.3 is 12.0 Å². The number of hydrogen-bond acceptors (Lipinski definition) is 2. The molecule has 1 heterocycles. The largest absolute Gasteiger partial charge is 0.480 e. The van der Waals surface area contributed by atoms with E-state index in [0.29, 0.717) is 23.1 Å². The van der Waals surface area contributed by atoms with Gasteiger partial charge in [0.15, 0.2) is 0 Å². The highest BCUT2D eigenvalue weighted by molar-refractivity contribution is 9.10. The van der Waals surface area contributed by atoms with Crippen molar-refractivity contribution in [1.29, 1.82) is 0 Å². The van der Waals surface area contributed by atoms with Crippen molar-refractivity contribution < 1.29 is 19.1 Å². The van der Waals surface area contributed by atoms with Crippen LogP contribution in [0.1, 0.15) is 19.3 Å². The normalized spacial score (nSPS) is 18.7. The summed E-state index contributed by atoms with van der Waals surface area (Å²) < 4.78 is 13.7. The Morgan fingerprint density at radius 3 is 2.80 bits per heavy atom. The molecule has 1 atom stereocenters. The van der Waals surface area contributed by atoms with E-state index >= 15 is 0 Å². The molecule has 1 aliphatic heterocycles. The summed E-state index contributed by atoms with van der Waals surface area (Å²) in [5.41, 5.74) is 0.297. The zero-order valence-electron chi connectivity index (χ0n) is 10.6. The Labute approximate surface area is 123 Å². The molecule has 108 valence electrons. The Balaban J connectivity index is 2.09. The van der Waals surface area contributed by atoms with Gasteiger partial charge in [0, 0.05) is 12.2 Å². The van der Waals surface area contributed by atoms with Crippen molar-refractivity contribution in [3.8, 4) is 0 Å². The maximum atomic E-state index is 13.4. The van der Waals surface area contributed by atoms with Gasteiger partial charge in [-0.3, -0.25) is 0 Å². The average Bonchev–Trinajstić information content (AvgIpc) is 2.43. The molecule has 0 aromatic heterocycles. The van der Waals surface area contributed by atoms with Gasteiger partial charge in [-0.25, -0.2) is 14.0 Å². The molecule has 2 N–H and O–H groups in total. The Kier molecular flexibility index (Phi) is 4.59. The molecule has 0 spiro atoms. The highest BCUT2D eigenvalue weighted by Gasteiger charge is 2.31. The van der Waals surface area contributed by atoms with Crippen LogP contribution in [0, 0.1) is 5.82 Å². The third-order valence-corrected chi connectivity index (χ3v) is 3.86. The first-order chi connectivity index (χ1) is 9.49. The molecule has 0 bridgehead atoms. The van der Waals surface area contributed by atoms with Crippen LogP contribution >= 0.6 is 15.9 Å². The third kappa shape index (κ3) is 3.27. The van der Waals surface area contributed by atoms with Crippen LogP contribution in [0.3, 0.4) is 0 Å². The number of carbonyl (C=O) groups is 2. The zero-order valence-corrected chi connectivity index (χ0v) is 12.2. The number of nitrogens with zero attached hydrogens (tertiary/aromatic N) is 1. The van der Waals surface area contributed by atoms with Crippen LogP contribution in [0.2, 0.25) is 0 Å². The summed E-state index contributed by atoms with van der Waals surface area (Å²) in [7, 11) is 0. The van der Waals surface area contributed by atoms with E-state index in [1.165, 1.54) is 17.0 Å². The number of aliphatic carboxylic acids is 1. The first kappa shape index (κ1) is 14.8. The lowest BCUT2D eigenvalue weighted by Gasteiger charge is -2.32. The van der Waals surface area contributed by atoms with Gasteiger partial charge < -0.3 is 15.3 Å². The summed E-state index contributed by atoms with van der Waals surface area (Å²) in [6.07, 6.45) is 2.00. The first-order valence-electron chi connectivity index (χ1n) is 6.24. The fraction of sp³-hybridized carbons (Fsp3) is 0.385. The molecule has 0 aliphatic carbocycles. The van der Waals surface area contributed by atoms with E-state index in [1.54, 1.807) is 6.07 Å². The molecule has 1 aliphatic rings. The van der Waals surface area contributed by atoms with Crippen LogP contribution < -0.4 is 5.32 Å². The lowest BCUT2D eigenvalue weighted by atomic mass is 10.0. The maximum absolute atomic E-state index is 13.4. The number of carboxylic acid groups (broad SMARTS) is 1. The number of amides is 2. The molecule has 0 saturated carbocycles. The van der Waals surface area contributed by atoms with Gasteiger partial charge in [0.05, 0.1) is 4.47 Å². The number of benzene rings is 1. The van der Waals surface area contributed by atoms with Crippen molar-refractivity contribution in [3.05, 3.63) is 28.5 Å². The van der Waals surface area contributed by atoms with Crippen molar-refractivity contribution in [2.75, 3.05) is 11.9 Å². The second kappa shape index (κ2) is 6.21. The van der Waals surface area contributed by atoms with Crippen LogP contribution in [-0.4, -0.2) is 34.6 Å². The van der Waals surface area contributed by atoms with E-state index in [2.05, 4.69) is 21.2 Å². The number of piperidine rings is 1. The number of hydrogen-bond donors (Lipinski definition) is 2. The van der Waals surface area contributed by atoms with Gasteiger partial charge in [-0.05, 0) is 53.4 Å². The van der Waals surface area contributed by atoms with Crippen LogP contribution in [-0.2, 0) is 4.79 Å². The van der Waals surface area contributed by atoms with E-state index < -0.39 is 23.9 Å². The van der Waals surface area contributed by atoms with Gasteiger partial charge in [0.25, 0.3) is 0 Å². The molecular weight excluding hydrogens is 331 g/mol.